The summed E-state index contributed by atoms with van der Waals surface area (Å²) in [4.78, 5) is 79.6. The molecular weight excluding hydrogens is 1030 g/mol. The first-order valence-electron chi connectivity index (χ1n) is 27.1. The first-order valence-corrected chi connectivity index (χ1v) is 27.1. The van der Waals surface area contributed by atoms with E-state index in [9.17, 15) is 33.6 Å². The number of hydrogen-bond donors (Lipinski definition) is 6. The van der Waals surface area contributed by atoms with E-state index in [0.29, 0.717) is 75.8 Å². The van der Waals surface area contributed by atoms with Crippen molar-refractivity contribution >= 4 is 35.4 Å². The zero-order chi connectivity index (χ0) is 57.9. The summed E-state index contributed by atoms with van der Waals surface area (Å²) in [5.74, 6) is -2.19. The monoisotopic (exact) mass is 1110 g/mol. The van der Waals surface area contributed by atoms with Crippen molar-refractivity contribution in [2.75, 3.05) is 92.3 Å². The highest BCUT2D eigenvalue weighted by molar-refractivity contribution is 5.96. The number of amides is 5. The number of halogens is 1. The molecular formula is C56H78FN13O10. The molecule has 4 aromatic rings. The number of nitrogen functional groups attached to an aromatic ring is 1. The van der Waals surface area contributed by atoms with Crippen molar-refractivity contribution in [2.45, 2.75) is 110 Å². The van der Waals surface area contributed by atoms with Crippen molar-refractivity contribution in [2.24, 2.45) is 5.41 Å². The fraction of sp³-hybridized carbons (Fsp3) is 0.554. The molecule has 0 spiro atoms. The van der Waals surface area contributed by atoms with E-state index < -0.39 is 41.4 Å². The SMILES string of the molecule is CC[C@@H](NC(=O)[C@@H]1C[C@H](NCCOCCOCCOCCOCCC(=O)NCCn2nc3c(c2C#N)-c2cnc(N)c(n2)O[C@H](C)c2cc(F)ccc2C(=O)N(C)C3)CN1C(=O)[C@@H](NC(=O)[C@H](C)NC)C(C)(C)C)c1ccccc1. The van der Waals surface area contributed by atoms with Gasteiger partial charge in [0, 0.05) is 50.3 Å². The standard InChI is InChI=1S/C56H78FN13O10/c1-9-42(37-13-11-10-12-14-37)64-52(73)45-30-39(33-69(45)55(75)49(56(4,5)6)66-51(72)35(2)60-7)61-19-22-77-24-26-79-28-27-78-25-23-76-21-17-47(71)62-18-20-70-46(31-58)48-43-32-63-50(59)53(65-43)80-36(3)41-29-38(57)15-16-40(41)54(74)68(8)34-44(48)67-70/h10-16,29,32,35-36,39,42,45,49,60-61H,9,17-28,30,33-34H2,1-8H3,(H2,59,63)(H,62,71)(H,64,73)(H,66,72)/t35-,36+,39-,42+,45-,49+/m0/s1. The Hall–Kier alpha value is -7.14. The second kappa shape index (κ2) is 29.9. The molecule has 5 amide bonds. The van der Waals surface area contributed by atoms with Crippen LogP contribution in [0.2, 0.25) is 0 Å². The maximum Gasteiger partial charge on any atom is 0.258 e. The lowest BCUT2D eigenvalue weighted by Crippen LogP contribution is -2.59. The lowest BCUT2D eigenvalue weighted by molar-refractivity contribution is -0.144. The molecule has 24 heteroatoms. The number of rotatable bonds is 27. The number of nitrogens with zero attached hydrogens (tertiary/aromatic N) is 7. The number of nitriles is 1. The third-order valence-electron chi connectivity index (χ3n) is 13.8. The number of hydrogen-bond acceptors (Lipinski definition) is 17. The molecule has 1 saturated heterocycles. The fourth-order valence-electron chi connectivity index (χ4n) is 9.27. The summed E-state index contributed by atoms with van der Waals surface area (Å²) >= 11 is 0. The van der Waals surface area contributed by atoms with Gasteiger partial charge in [-0.2, -0.15) is 10.4 Å². The third-order valence-corrected chi connectivity index (χ3v) is 13.8. The van der Waals surface area contributed by atoms with Crippen LogP contribution in [-0.4, -0.2) is 170 Å². The van der Waals surface area contributed by atoms with Crippen LogP contribution in [-0.2, 0) is 51.2 Å². The summed E-state index contributed by atoms with van der Waals surface area (Å²) in [6, 6.07) is 13.2. The molecule has 80 heavy (non-hydrogen) atoms. The Balaban J connectivity index is 0.862. The van der Waals surface area contributed by atoms with Crippen LogP contribution in [0.4, 0.5) is 10.2 Å². The van der Waals surface area contributed by atoms with Crippen LogP contribution >= 0.6 is 0 Å². The molecule has 2 aromatic heterocycles. The van der Waals surface area contributed by atoms with Crippen molar-refractivity contribution in [1.29, 1.82) is 5.26 Å². The van der Waals surface area contributed by atoms with Gasteiger partial charge in [0.05, 0.1) is 101 Å². The summed E-state index contributed by atoms with van der Waals surface area (Å²) in [6.07, 6.45) is 1.70. The smallest absolute Gasteiger partial charge is 0.258 e. The first kappa shape index (κ1) is 62.1. The topological polar surface area (TPSA) is 292 Å². The van der Waals surface area contributed by atoms with E-state index in [1.54, 1.807) is 32.8 Å². The van der Waals surface area contributed by atoms with E-state index in [1.165, 1.54) is 34.0 Å². The molecule has 434 valence electrons. The summed E-state index contributed by atoms with van der Waals surface area (Å²) in [6.45, 7) is 14.5. The average molecular weight is 1110 g/mol. The fourth-order valence-corrected chi connectivity index (χ4v) is 9.27. The van der Waals surface area contributed by atoms with E-state index in [-0.39, 0.29) is 110 Å². The largest absolute Gasteiger partial charge is 0.467 e. The number of carbonyl (C=O) groups is 5. The van der Waals surface area contributed by atoms with Gasteiger partial charge in [-0.25, -0.2) is 14.4 Å². The number of fused-ring (bicyclic) bond motifs is 5. The van der Waals surface area contributed by atoms with Crippen molar-refractivity contribution in [1.82, 2.24) is 56.1 Å². The van der Waals surface area contributed by atoms with Crippen molar-refractivity contribution < 1.29 is 52.0 Å². The van der Waals surface area contributed by atoms with Gasteiger partial charge in [-0.1, -0.05) is 58.0 Å². The van der Waals surface area contributed by atoms with E-state index in [1.807, 2.05) is 58.0 Å². The number of anilines is 1. The molecule has 4 heterocycles. The van der Waals surface area contributed by atoms with Crippen LogP contribution in [0.1, 0.15) is 106 Å². The van der Waals surface area contributed by atoms with Gasteiger partial charge in [-0.3, -0.25) is 28.7 Å². The predicted molar refractivity (Wildman–Crippen MR) is 294 cm³/mol. The lowest BCUT2D eigenvalue weighted by Gasteiger charge is -2.36. The first-order chi connectivity index (χ1) is 38.3. The summed E-state index contributed by atoms with van der Waals surface area (Å²) < 4.78 is 44.5. The minimum Gasteiger partial charge on any atom is -0.467 e. The second-order valence-electron chi connectivity index (χ2n) is 20.7. The van der Waals surface area contributed by atoms with Gasteiger partial charge in [-0.05, 0) is 62.9 Å². The Kier molecular flexibility index (Phi) is 23.2. The molecule has 2 aromatic carbocycles. The minimum absolute atomic E-state index is 0.0321. The van der Waals surface area contributed by atoms with Crippen LogP contribution in [0, 0.1) is 22.6 Å². The molecule has 7 N–H and O–H groups in total. The van der Waals surface area contributed by atoms with E-state index in [2.05, 4.69) is 47.7 Å². The van der Waals surface area contributed by atoms with Crippen LogP contribution in [0.3, 0.4) is 0 Å². The summed E-state index contributed by atoms with van der Waals surface area (Å²) in [5, 5.41) is 30.3. The molecule has 0 aliphatic carbocycles. The number of benzene rings is 2. The zero-order valence-electron chi connectivity index (χ0n) is 47.1. The number of aromatic nitrogens is 4. The number of nitrogens with one attached hydrogen (secondary N) is 5. The Morgan fingerprint density at radius 3 is 2.29 bits per heavy atom. The van der Waals surface area contributed by atoms with Crippen molar-refractivity contribution in [3.63, 3.8) is 0 Å². The molecule has 2 aliphatic heterocycles. The predicted octanol–water partition coefficient (Wildman–Crippen LogP) is 3.20. The minimum atomic E-state index is -0.860. The summed E-state index contributed by atoms with van der Waals surface area (Å²) in [7, 11) is 3.25. The molecule has 2 bridgehead atoms. The molecule has 1 fully saturated rings. The maximum absolute atomic E-state index is 14.4. The molecule has 6 rings (SSSR count). The molecule has 0 unspecified atom stereocenters. The van der Waals surface area contributed by atoms with Crippen LogP contribution in [0.25, 0.3) is 11.3 Å². The number of carbonyl (C=O) groups excluding carboxylic acids is 5. The van der Waals surface area contributed by atoms with Crippen molar-refractivity contribution in [3.05, 3.63) is 88.6 Å². The molecule has 2 aliphatic rings. The van der Waals surface area contributed by atoms with Gasteiger partial charge in [-0.15, -0.1) is 0 Å². The number of ether oxygens (including phenoxy) is 5. The van der Waals surface area contributed by atoms with Gasteiger partial charge in [0.2, 0.25) is 23.6 Å². The Morgan fingerprint density at radius 2 is 1.64 bits per heavy atom. The van der Waals surface area contributed by atoms with Gasteiger partial charge in [0.1, 0.15) is 35.8 Å². The zero-order valence-corrected chi connectivity index (χ0v) is 47.1. The maximum atomic E-state index is 14.4. The Bertz CT molecular complexity index is 2770. The van der Waals surface area contributed by atoms with E-state index in [0.717, 1.165) is 5.56 Å². The lowest BCUT2D eigenvalue weighted by atomic mass is 9.85. The van der Waals surface area contributed by atoms with Gasteiger partial charge in [0.25, 0.3) is 11.8 Å². The summed E-state index contributed by atoms with van der Waals surface area (Å²) in [5.41, 5.74) is 7.99. The molecule has 0 radical (unpaired) electrons. The van der Waals surface area contributed by atoms with Crippen molar-refractivity contribution in [3.8, 4) is 23.2 Å². The van der Waals surface area contributed by atoms with Gasteiger partial charge < -0.3 is 65.8 Å². The molecule has 0 saturated carbocycles. The van der Waals surface area contributed by atoms with E-state index in [4.69, 9.17) is 29.4 Å². The van der Waals surface area contributed by atoms with Crippen LogP contribution in [0.15, 0.2) is 54.7 Å². The molecule has 6 atom stereocenters. The number of nitrogens with two attached hydrogens (primary N) is 1. The Morgan fingerprint density at radius 1 is 0.963 bits per heavy atom. The van der Waals surface area contributed by atoms with E-state index >= 15 is 0 Å². The quantitative estimate of drug-likeness (QED) is 0.0468. The molecule has 23 nitrogen and oxygen atoms in total. The number of likely N-dealkylation sites (N-methyl/N-ethyl adjacent to an activating group) is 1. The average Bonchev–Trinajstić information content (AvgIpc) is 4.17. The Labute approximate surface area is 467 Å². The highest BCUT2D eigenvalue weighted by Crippen LogP contribution is 2.34. The third kappa shape index (κ3) is 16.9. The van der Waals surface area contributed by atoms with Gasteiger partial charge in [0.15, 0.2) is 5.82 Å². The van der Waals surface area contributed by atoms with Gasteiger partial charge >= 0.3 is 0 Å². The number of likely N-dealkylation sites (tertiary alicyclic amines) is 1. The van der Waals surface area contributed by atoms with Crippen LogP contribution < -0.4 is 37.1 Å². The normalized spacial score (nSPS) is 17.4. The highest BCUT2D eigenvalue weighted by Gasteiger charge is 2.45. The second-order valence-corrected chi connectivity index (χ2v) is 20.7. The van der Waals surface area contributed by atoms with Crippen LogP contribution in [0.5, 0.6) is 5.88 Å². The highest BCUT2D eigenvalue weighted by atomic mass is 19.1.